The highest BCUT2D eigenvalue weighted by atomic mass is 16.5. The standard InChI is InChI=1S/C22H24N4O3/c1-4-15-5-8-18(9-6-15)26-22-24-13-17(14-25-22)21(27)23-12-16-7-10-19(28-2)20(11-16)29-3/h5-11,13-14H,4,12H2,1-3H3,(H,23,27)(H,24,25,26). The topological polar surface area (TPSA) is 85.4 Å². The summed E-state index contributed by atoms with van der Waals surface area (Å²) in [5, 5.41) is 5.97. The third-order valence-corrected chi connectivity index (χ3v) is 4.43. The summed E-state index contributed by atoms with van der Waals surface area (Å²) in [7, 11) is 3.16. The van der Waals surface area contributed by atoms with E-state index in [1.165, 1.54) is 18.0 Å². The lowest BCUT2D eigenvalue weighted by Crippen LogP contribution is -2.23. The Bertz CT molecular complexity index is 957. The van der Waals surface area contributed by atoms with E-state index in [4.69, 9.17) is 9.47 Å². The van der Waals surface area contributed by atoms with Crippen molar-refractivity contribution in [2.75, 3.05) is 19.5 Å². The number of ether oxygens (including phenoxy) is 2. The van der Waals surface area contributed by atoms with Crippen LogP contribution in [0.1, 0.15) is 28.4 Å². The van der Waals surface area contributed by atoms with Gasteiger partial charge in [-0.05, 0) is 41.8 Å². The summed E-state index contributed by atoms with van der Waals surface area (Å²) in [4.78, 5) is 20.8. The number of nitrogens with zero attached hydrogens (tertiary/aromatic N) is 2. The lowest BCUT2D eigenvalue weighted by Gasteiger charge is -2.10. The van der Waals surface area contributed by atoms with Gasteiger partial charge in [0.25, 0.3) is 5.91 Å². The highest BCUT2D eigenvalue weighted by molar-refractivity contribution is 5.93. The molecule has 0 unspecified atom stereocenters. The molecule has 0 atom stereocenters. The number of anilines is 2. The van der Waals surface area contributed by atoms with Crippen molar-refractivity contribution in [3.8, 4) is 11.5 Å². The number of rotatable bonds is 8. The summed E-state index contributed by atoms with van der Waals surface area (Å²) < 4.78 is 10.5. The highest BCUT2D eigenvalue weighted by Gasteiger charge is 2.09. The zero-order valence-electron chi connectivity index (χ0n) is 16.7. The lowest BCUT2D eigenvalue weighted by atomic mass is 10.1. The van der Waals surface area contributed by atoms with E-state index in [1.54, 1.807) is 20.3 Å². The summed E-state index contributed by atoms with van der Waals surface area (Å²) in [6, 6.07) is 13.6. The molecule has 2 N–H and O–H groups in total. The van der Waals surface area contributed by atoms with Crippen LogP contribution in [0, 0.1) is 0 Å². The van der Waals surface area contributed by atoms with Gasteiger partial charge < -0.3 is 20.1 Å². The molecule has 29 heavy (non-hydrogen) atoms. The van der Waals surface area contributed by atoms with Gasteiger partial charge in [0.1, 0.15) is 0 Å². The van der Waals surface area contributed by atoms with Gasteiger partial charge in [0.2, 0.25) is 5.95 Å². The van der Waals surface area contributed by atoms with Gasteiger partial charge in [-0.3, -0.25) is 4.79 Å². The monoisotopic (exact) mass is 392 g/mol. The Hall–Kier alpha value is -3.61. The minimum Gasteiger partial charge on any atom is -0.493 e. The van der Waals surface area contributed by atoms with E-state index in [1.807, 2.05) is 24.3 Å². The highest BCUT2D eigenvalue weighted by Crippen LogP contribution is 2.27. The van der Waals surface area contributed by atoms with E-state index in [0.29, 0.717) is 29.6 Å². The summed E-state index contributed by atoms with van der Waals surface area (Å²) >= 11 is 0. The molecule has 7 heteroatoms. The van der Waals surface area contributed by atoms with Gasteiger partial charge in [0, 0.05) is 24.6 Å². The molecule has 1 amide bonds. The average Bonchev–Trinajstić information content (AvgIpc) is 2.78. The second kappa shape index (κ2) is 9.54. The van der Waals surface area contributed by atoms with E-state index in [0.717, 1.165) is 17.7 Å². The number of hydrogen-bond donors (Lipinski definition) is 2. The van der Waals surface area contributed by atoms with Crippen LogP contribution < -0.4 is 20.1 Å². The number of aromatic nitrogens is 2. The fourth-order valence-electron chi connectivity index (χ4n) is 2.74. The van der Waals surface area contributed by atoms with Crippen LogP contribution in [0.4, 0.5) is 11.6 Å². The van der Waals surface area contributed by atoms with E-state index in [9.17, 15) is 4.79 Å². The van der Waals surface area contributed by atoms with Crippen LogP contribution in [-0.4, -0.2) is 30.1 Å². The second-order valence-corrected chi connectivity index (χ2v) is 6.34. The SMILES string of the molecule is CCc1ccc(Nc2ncc(C(=O)NCc3ccc(OC)c(OC)c3)cn2)cc1. The molecule has 3 rings (SSSR count). The Morgan fingerprint density at radius 1 is 0.931 bits per heavy atom. The number of aryl methyl sites for hydroxylation is 1. The van der Waals surface area contributed by atoms with Crippen LogP contribution in [0.15, 0.2) is 54.9 Å². The van der Waals surface area contributed by atoms with Gasteiger partial charge >= 0.3 is 0 Å². The van der Waals surface area contributed by atoms with Crippen molar-refractivity contribution in [3.05, 3.63) is 71.5 Å². The molecule has 0 aliphatic carbocycles. The van der Waals surface area contributed by atoms with Crippen LogP contribution in [0.2, 0.25) is 0 Å². The van der Waals surface area contributed by atoms with Gasteiger partial charge in [0.15, 0.2) is 11.5 Å². The Kier molecular flexibility index (Phi) is 6.63. The number of methoxy groups -OCH3 is 2. The smallest absolute Gasteiger partial charge is 0.254 e. The molecule has 0 bridgehead atoms. The molecule has 0 saturated heterocycles. The molecule has 0 fully saturated rings. The molecule has 0 saturated carbocycles. The van der Waals surface area contributed by atoms with Gasteiger partial charge in [0.05, 0.1) is 19.8 Å². The minimum atomic E-state index is -0.251. The van der Waals surface area contributed by atoms with Crippen molar-refractivity contribution in [2.24, 2.45) is 0 Å². The van der Waals surface area contributed by atoms with Crippen LogP contribution >= 0.6 is 0 Å². The van der Waals surface area contributed by atoms with Gasteiger partial charge in [-0.25, -0.2) is 9.97 Å². The quantitative estimate of drug-likeness (QED) is 0.608. The summed E-state index contributed by atoms with van der Waals surface area (Å²) in [6.07, 6.45) is 3.99. The molecule has 1 aromatic heterocycles. The molecule has 7 nitrogen and oxygen atoms in total. The van der Waals surface area contributed by atoms with Crippen molar-refractivity contribution >= 4 is 17.5 Å². The lowest BCUT2D eigenvalue weighted by molar-refractivity contribution is 0.0950. The van der Waals surface area contributed by atoms with Gasteiger partial charge in [-0.15, -0.1) is 0 Å². The minimum absolute atomic E-state index is 0.251. The summed E-state index contributed by atoms with van der Waals surface area (Å²) in [5.74, 6) is 1.44. The number of carbonyl (C=O) groups is 1. The Morgan fingerprint density at radius 2 is 1.59 bits per heavy atom. The van der Waals surface area contributed by atoms with E-state index in [-0.39, 0.29) is 5.91 Å². The van der Waals surface area contributed by atoms with Crippen LogP contribution in [-0.2, 0) is 13.0 Å². The third-order valence-electron chi connectivity index (χ3n) is 4.43. The molecule has 2 aromatic carbocycles. The molecule has 0 aliphatic rings. The summed E-state index contributed by atoms with van der Waals surface area (Å²) in [5.41, 5.74) is 3.44. The fraction of sp³-hybridized carbons (Fsp3) is 0.227. The maximum atomic E-state index is 12.4. The van der Waals surface area contributed by atoms with Crippen molar-refractivity contribution in [3.63, 3.8) is 0 Å². The van der Waals surface area contributed by atoms with Crippen molar-refractivity contribution in [1.82, 2.24) is 15.3 Å². The van der Waals surface area contributed by atoms with Crippen LogP contribution in [0.25, 0.3) is 0 Å². The third kappa shape index (κ3) is 5.22. The second-order valence-electron chi connectivity index (χ2n) is 6.34. The van der Waals surface area contributed by atoms with Crippen molar-refractivity contribution in [1.29, 1.82) is 0 Å². The molecule has 0 aliphatic heterocycles. The number of benzene rings is 2. The maximum absolute atomic E-state index is 12.4. The number of carbonyl (C=O) groups excluding carboxylic acids is 1. The molecular formula is C22H24N4O3. The molecule has 0 radical (unpaired) electrons. The largest absolute Gasteiger partial charge is 0.493 e. The van der Waals surface area contributed by atoms with Crippen LogP contribution in [0.5, 0.6) is 11.5 Å². The molecule has 0 spiro atoms. The number of nitrogens with one attached hydrogen (secondary N) is 2. The predicted octanol–water partition coefficient (Wildman–Crippen LogP) is 3.73. The predicted molar refractivity (Wildman–Crippen MR) is 112 cm³/mol. The Balaban J connectivity index is 1.58. The van der Waals surface area contributed by atoms with Crippen LogP contribution in [0.3, 0.4) is 0 Å². The number of amides is 1. The molecule has 3 aromatic rings. The van der Waals surface area contributed by atoms with E-state index in [2.05, 4.69) is 39.7 Å². The molecule has 1 heterocycles. The molecule has 150 valence electrons. The zero-order valence-corrected chi connectivity index (χ0v) is 16.7. The normalized spacial score (nSPS) is 10.3. The Labute approximate surface area is 170 Å². The zero-order chi connectivity index (χ0) is 20.6. The average molecular weight is 392 g/mol. The van der Waals surface area contributed by atoms with Gasteiger partial charge in [-0.1, -0.05) is 25.1 Å². The number of hydrogen-bond acceptors (Lipinski definition) is 6. The van der Waals surface area contributed by atoms with E-state index >= 15 is 0 Å². The van der Waals surface area contributed by atoms with Gasteiger partial charge in [-0.2, -0.15) is 0 Å². The van der Waals surface area contributed by atoms with E-state index < -0.39 is 0 Å². The Morgan fingerprint density at radius 3 is 2.21 bits per heavy atom. The first-order valence-corrected chi connectivity index (χ1v) is 9.30. The first-order valence-electron chi connectivity index (χ1n) is 9.30. The maximum Gasteiger partial charge on any atom is 0.254 e. The summed E-state index contributed by atoms with van der Waals surface area (Å²) in [6.45, 7) is 2.46. The first-order chi connectivity index (χ1) is 14.1. The molecular weight excluding hydrogens is 368 g/mol. The van der Waals surface area contributed by atoms with Crippen molar-refractivity contribution in [2.45, 2.75) is 19.9 Å². The first kappa shape index (κ1) is 20.1. The fourth-order valence-corrected chi connectivity index (χ4v) is 2.74. The van der Waals surface area contributed by atoms with Crippen molar-refractivity contribution < 1.29 is 14.3 Å².